The van der Waals surface area contributed by atoms with Crippen molar-refractivity contribution in [3.05, 3.63) is 38.5 Å². The summed E-state index contributed by atoms with van der Waals surface area (Å²) in [6, 6.07) is 2.14. The molecule has 0 atom stereocenters. The van der Waals surface area contributed by atoms with Crippen molar-refractivity contribution in [2.75, 3.05) is 26.2 Å². The van der Waals surface area contributed by atoms with Crippen LogP contribution in [0.15, 0.2) is 27.2 Å². The first kappa shape index (κ1) is 20.3. The molecule has 1 saturated heterocycles. The number of aromatic nitrogens is 1. The number of piperidine rings is 1. The lowest BCUT2D eigenvalue weighted by molar-refractivity contribution is 0.176. The average Bonchev–Trinajstić information content (AvgIpc) is 3.37. The molecule has 5 nitrogen and oxygen atoms in total. The standard InChI is InChI=1S/C20H31N5S2/c1-3-19-24-18(15-27-19)13-25-8-5-16(6-9-25)11-22-20(21-4-2)23-12-17-7-10-26-14-17/h7,10,14-16H,3-6,8-9,11-13H2,1-2H3,(H2,21,22,23). The van der Waals surface area contributed by atoms with Gasteiger partial charge in [0, 0.05) is 25.0 Å². The van der Waals surface area contributed by atoms with Gasteiger partial charge in [-0.2, -0.15) is 11.3 Å². The smallest absolute Gasteiger partial charge is 0.191 e. The van der Waals surface area contributed by atoms with E-state index in [1.54, 1.807) is 22.7 Å². The molecule has 0 saturated carbocycles. The third-order valence-corrected chi connectivity index (χ3v) is 6.67. The van der Waals surface area contributed by atoms with Crippen LogP contribution in [0.25, 0.3) is 0 Å². The summed E-state index contributed by atoms with van der Waals surface area (Å²) in [6.45, 7) is 10.2. The lowest BCUT2D eigenvalue weighted by atomic mass is 9.97. The van der Waals surface area contributed by atoms with Crippen LogP contribution in [0.4, 0.5) is 0 Å². The molecule has 0 unspecified atom stereocenters. The number of aryl methyl sites for hydroxylation is 1. The summed E-state index contributed by atoms with van der Waals surface area (Å²) in [6.07, 6.45) is 3.52. The maximum Gasteiger partial charge on any atom is 0.191 e. The van der Waals surface area contributed by atoms with Crippen LogP contribution in [-0.4, -0.2) is 42.0 Å². The van der Waals surface area contributed by atoms with Crippen LogP contribution in [0, 0.1) is 5.92 Å². The molecule has 0 aliphatic carbocycles. The summed E-state index contributed by atoms with van der Waals surface area (Å²) >= 11 is 3.52. The molecular weight excluding hydrogens is 374 g/mol. The van der Waals surface area contributed by atoms with E-state index in [2.05, 4.69) is 51.6 Å². The Balaban J connectivity index is 1.40. The van der Waals surface area contributed by atoms with Crippen molar-refractivity contribution >= 4 is 28.6 Å². The molecule has 2 aromatic heterocycles. The molecule has 0 spiro atoms. The molecule has 0 amide bonds. The van der Waals surface area contributed by atoms with E-state index in [9.17, 15) is 0 Å². The van der Waals surface area contributed by atoms with E-state index in [0.717, 1.165) is 51.6 Å². The van der Waals surface area contributed by atoms with Gasteiger partial charge in [-0.25, -0.2) is 9.98 Å². The largest absolute Gasteiger partial charge is 0.357 e. The fraction of sp³-hybridized carbons (Fsp3) is 0.600. The Morgan fingerprint density at radius 2 is 2.11 bits per heavy atom. The summed E-state index contributed by atoms with van der Waals surface area (Å²) in [4.78, 5) is 12.0. The number of guanidine groups is 1. The van der Waals surface area contributed by atoms with Crippen LogP contribution in [0.3, 0.4) is 0 Å². The Labute approximate surface area is 170 Å². The summed E-state index contributed by atoms with van der Waals surface area (Å²) in [5, 5.41) is 14.6. The highest BCUT2D eigenvalue weighted by atomic mass is 32.1. The number of likely N-dealkylation sites (tertiary alicyclic amines) is 1. The van der Waals surface area contributed by atoms with Gasteiger partial charge in [0.1, 0.15) is 0 Å². The highest BCUT2D eigenvalue weighted by molar-refractivity contribution is 7.09. The van der Waals surface area contributed by atoms with Crippen LogP contribution in [0.1, 0.15) is 43.0 Å². The topological polar surface area (TPSA) is 52.6 Å². The molecule has 3 heterocycles. The quantitative estimate of drug-likeness (QED) is 0.519. The molecule has 3 rings (SSSR count). The highest BCUT2D eigenvalue weighted by Crippen LogP contribution is 2.19. The first-order valence-corrected chi connectivity index (χ1v) is 11.8. The van der Waals surface area contributed by atoms with Crippen molar-refractivity contribution in [2.24, 2.45) is 10.9 Å². The van der Waals surface area contributed by atoms with Gasteiger partial charge in [-0.15, -0.1) is 11.3 Å². The van der Waals surface area contributed by atoms with E-state index >= 15 is 0 Å². The SMILES string of the molecule is CCNC(=NCc1ccsc1)NCC1CCN(Cc2csc(CC)n2)CC1. The fourth-order valence-corrected chi connectivity index (χ4v) is 4.69. The van der Waals surface area contributed by atoms with Gasteiger partial charge in [-0.1, -0.05) is 6.92 Å². The third-order valence-electron chi connectivity index (χ3n) is 4.90. The second-order valence-electron chi connectivity index (χ2n) is 7.01. The minimum atomic E-state index is 0.716. The zero-order valence-corrected chi connectivity index (χ0v) is 18.0. The average molecular weight is 406 g/mol. The highest BCUT2D eigenvalue weighted by Gasteiger charge is 2.20. The molecular formula is C20H31N5S2. The monoisotopic (exact) mass is 405 g/mol. The van der Waals surface area contributed by atoms with Crippen molar-refractivity contribution in [1.82, 2.24) is 20.5 Å². The number of hydrogen-bond acceptors (Lipinski definition) is 5. The van der Waals surface area contributed by atoms with Crippen LogP contribution in [0.2, 0.25) is 0 Å². The number of thiazole rings is 1. The zero-order valence-electron chi connectivity index (χ0n) is 16.4. The summed E-state index contributed by atoms with van der Waals surface area (Å²) < 4.78 is 0. The van der Waals surface area contributed by atoms with Crippen LogP contribution in [0.5, 0.6) is 0 Å². The molecule has 0 bridgehead atoms. The van der Waals surface area contributed by atoms with Crippen LogP contribution < -0.4 is 10.6 Å². The lowest BCUT2D eigenvalue weighted by Crippen LogP contribution is -2.42. The van der Waals surface area contributed by atoms with Crippen molar-refractivity contribution < 1.29 is 0 Å². The van der Waals surface area contributed by atoms with Gasteiger partial charge in [0.25, 0.3) is 0 Å². The second kappa shape index (κ2) is 10.8. The number of hydrogen-bond donors (Lipinski definition) is 2. The second-order valence-corrected chi connectivity index (χ2v) is 8.74. The van der Waals surface area contributed by atoms with E-state index in [0.29, 0.717) is 5.92 Å². The Hall–Kier alpha value is -1.44. The number of rotatable bonds is 8. The number of thiophene rings is 1. The third kappa shape index (κ3) is 6.59. The van der Waals surface area contributed by atoms with Gasteiger partial charge in [0.05, 0.1) is 17.2 Å². The molecule has 1 fully saturated rings. The fourth-order valence-electron chi connectivity index (χ4n) is 3.30. The van der Waals surface area contributed by atoms with Crippen molar-refractivity contribution in [3.8, 4) is 0 Å². The van der Waals surface area contributed by atoms with E-state index in [-0.39, 0.29) is 0 Å². The molecule has 1 aliphatic heterocycles. The molecule has 1 aliphatic rings. The molecule has 7 heteroatoms. The minimum Gasteiger partial charge on any atom is -0.357 e. The van der Waals surface area contributed by atoms with Crippen molar-refractivity contribution in [3.63, 3.8) is 0 Å². The molecule has 2 aromatic rings. The Morgan fingerprint density at radius 3 is 2.78 bits per heavy atom. The van der Waals surface area contributed by atoms with Gasteiger partial charge in [-0.05, 0) is 67.6 Å². The van der Waals surface area contributed by atoms with Gasteiger partial charge < -0.3 is 10.6 Å². The van der Waals surface area contributed by atoms with Gasteiger partial charge in [0.15, 0.2) is 5.96 Å². The Morgan fingerprint density at radius 1 is 1.26 bits per heavy atom. The molecule has 2 N–H and O–H groups in total. The first-order valence-electron chi connectivity index (χ1n) is 9.95. The van der Waals surface area contributed by atoms with Gasteiger partial charge >= 0.3 is 0 Å². The number of nitrogens with one attached hydrogen (secondary N) is 2. The number of nitrogens with zero attached hydrogens (tertiary/aromatic N) is 3. The van der Waals surface area contributed by atoms with E-state index < -0.39 is 0 Å². The van der Waals surface area contributed by atoms with Crippen molar-refractivity contribution in [2.45, 2.75) is 46.2 Å². The van der Waals surface area contributed by atoms with Crippen LogP contribution >= 0.6 is 22.7 Å². The van der Waals surface area contributed by atoms with E-state index in [4.69, 9.17) is 9.98 Å². The maximum absolute atomic E-state index is 4.71. The lowest BCUT2D eigenvalue weighted by Gasteiger charge is -2.31. The minimum absolute atomic E-state index is 0.716. The molecule has 0 radical (unpaired) electrons. The van der Waals surface area contributed by atoms with Crippen molar-refractivity contribution in [1.29, 1.82) is 0 Å². The van der Waals surface area contributed by atoms with Gasteiger partial charge in [0.2, 0.25) is 0 Å². The van der Waals surface area contributed by atoms with Crippen LogP contribution in [-0.2, 0) is 19.5 Å². The number of aliphatic imine (C=N–C) groups is 1. The maximum atomic E-state index is 4.71. The molecule has 27 heavy (non-hydrogen) atoms. The van der Waals surface area contributed by atoms with E-state index in [1.807, 2.05) is 0 Å². The first-order chi connectivity index (χ1) is 13.3. The normalized spacial score (nSPS) is 16.6. The van der Waals surface area contributed by atoms with E-state index in [1.165, 1.54) is 29.1 Å². The zero-order chi connectivity index (χ0) is 18.9. The predicted molar refractivity (Wildman–Crippen MR) is 117 cm³/mol. The molecule has 0 aromatic carbocycles. The Kier molecular flexibility index (Phi) is 8.10. The Bertz CT molecular complexity index is 687. The summed E-state index contributed by atoms with van der Waals surface area (Å²) in [5.41, 5.74) is 2.52. The van der Waals surface area contributed by atoms with Gasteiger partial charge in [-0.3, -0.25) is 4.90 Å². The summed E-state index contributed by atoms with van der Waals surface area (Å²) in [7, 11) is 0. The molecule has 148 valence electrons. The predicted octanol–water partition coefficient (Wildman–Crippen LogP) is 3.73. The summed E-state index contributed by atoms with van der Waals surface area (Å²) in [5.74, 6) is 1.65.